The van der Waals surface area contributed by atoms with Crippen molar-refractivity contribution < 1.29 is 4.74 Å². The second kappa shape index (κ2) is 9.11. The fraction of sp³-hybridized carbons (Fsp3) is 0.200. The zero-order valence-electron chi connectivity index (χ0n) is 14.2. The van der Waals surface area contributed by atoms with Crippen LogP contribution >= 0.6 is 11.3 Å². The zero-order valence-corrected chi connectivity index (χ0v) is 15.0. The maximum Gasteiger partial charge on any atom is 0.203 e. The van der Waals surface area contributed by atoms with E-state index in [1.165, 1.54) is 11.3 Å². The number of rotatable bonds is 8. The molecule has 0 atom stereocenters. The lowest BCUT2D eigenvalue weighted by Crippen LogP contribution is -1.99. The number of anilines is 1. The molecule has 4 nitrogen and oxygen atoms in total. The molecule has 1 aromatic heterocycles. The van der Waals surface area contributed by atoms with Crippen LogP contribution in [-0.2, 0) is 11.3 Å². The Bertz CT molecular complexity index is 815. The maximum atomic E-state index is 5.63. The van der Waals surface area contributed by atoms with Crippen molar-refractivity contribution in [3.63, 3.8) is 0 Å². The Morgan fingerprint density at radius 2 is 1.92 bits per heavy atom. The molecule has 0 saturated carbocycles. The van der Waals surface area contributed by atoms with Gasteiger partial charge in [0, 0.05) is 23.1 Å². The van der Waals surface area contributed by atoms with Crippen molar-refractivity contribution in [3.05, 3.63) is 71.1 Å². The number of ether oxygens (including phenoxy) is 1. The molecule has 1 N–H and O–H groups in total. The monoisotopic (exact) mass is 351 g/mol. The molecule has 128 valence electrons. The van der Waals surface area contributed by atoms with Gasteiger partial charge in [0.1, 0.15) is 0 Å². The van der Waals surface area contributed by atoms with Gasteiger partial charge in [-0.3, -0.25) is 5.43 Å². The molecule has 0 bridgehead atoms. The molecule has 25 heavy (non-hydrogen) atoms. The van der Waals surface area contributed by atoms with Crippen molar-refractivity contribution in [3.8, 4) is 11.3 Å². The van der Waals surface area contributed by atoms with Gasteiger partial charge in [-0.05, 0) is 12.0 Å². The summed E-state index contributed by atoms with van der Waals surface area (Å²) in [5.74, 6) is 0. The number of hydrogen-bond donors (Lipinski definition) is 1. The number of nitrogens with one attached hydrogen (secondary N) is 1. The average molecular weight is 351 g/mol. The Kier molecular flexibility index (Phi) is 6.31. The van der Waals surface area contributed by atoms with Crippen LogP contribution in [0.25, 0.3) is 11.3 Å². The Hall–Kier alpha value is -2.50. The van der Waals surface area contributed by atoms with Crippen molar-refractivity contribution in [2.24, 2.45) is 5.10 Å². The summed E-state index contributed by atoms with van der Waals surface area (Å²) < 4.78 is 5.63. The smallest absolute Gasteiger partial charge is 0.203 e. The minimum Gasteiger partial charge on any atom is -0.377 e. The minimum absolute atomic E-state index is 0.603. The summed E-state index contributed by atoms with van der Waals surface area (Å²) in [6.07, 6.45) is 2.83. The first-order chi connectivity index (χ1) is 12.4. The largest absolute Gasteiger partial charge is 0.377 e. The van der Waals surface area contributed by atoms with Gasteiger partial charge < -0.3 is 4.74 Å². The van der Waals surface area contributed by atoms with E-state index in [4.69, 9.17) is 4.74 Å². The normalized spacial score (nSPS) is 11.1. The highest BCUT2D eigenvalue weighted by Gasteiger charge is 2.03. The summed E-state index contributed by atoms with van der Waals surface area (Å²) in [5, 5.41) is 7.13. The van der Waals surface area contributed by atoms with Gasteiger partial charge in [-0.2, -0.15) is 5.10 Å². The summed E-state index contributed by atoms with van der Waals surface area (Å²) in [4.78, 5) is 4.56. The van der Waals surface area contributed by atoms with Gasteiger partial charge in [0.25, 0.3) is 0 Å². The van der Waals surface area contributed by atoms with Gasteiger partial charge in [-0.15, -0.1) is 11.3 Å². The topological polar surface area (TPSA) is 46.5 Å². The highest BCUT2D eigenvalue weighted by atomic mass is 32.1. The predicted octanol–water partition coefficient (Wildman–Crippen LogP) is 5.18. The van der Waals surface area contributed by atoms with Crippen LogP contribution in [0, 0.1) is 0 Å². The highest BCUT2D eigenvalue weighted by molar-refractivity contribution is 7.14. The molecule has 1 heterocycles. The molecule has 0 radical (unpaired) electrons. The van der Waals surface area contributed by atoms with Gasteiger partial charge >= 0.3 is 0 Å². The minimum atomic E-state index is 0.603. The van der Waals surface area contributed by atoms with Crippen LogP contribution in [-0.4, -0.2) is 17.8 Å². The standard InChI is InChI=1S/C20H21N3OS/c1-2-12-24-14-18-11-7-6-10-17(18)13-21-23-20-22-19(15-25-20)16-8-4-3-5-9-16/h3-11,13,15H,2,12,14H2,1H3,(H,22,23). The number of hydrogen-bond acceptors (Lipinski definition) is 5. The first-order valence-electron chi connectivity index (χ1n) is 8.32. The van der Waals surface area contributed by atoms with E-state index in [9.17, 15) is 0 Å². The Morgan fingerprint density at radius 3 is 2.76 bits per heavy atom. The quantitative estimate of drug-likeness (QED) is 0.345. The summed E-state index contributed by atoms with van der Waals surface area (Å²) >= 11 is 1.54. The molecule has 0 fully saturated rings. The summed E-state index contributed by atoms with van der Waals surface area (Å²) in [6.45, 7) is 3.48. The highest BCUT2D eigenvalue weighted by Crippen LogP contribution is 2.24. The lowest BCUT2D eigenvalue weighted by Gasteiger charge is -2.06. The predicted molar refractivity (Wildman–Crippen MR) is 105 cm³/mol. The van der Waals surface area contributed by atoms with E-state index in [2.05, 4.69) is 40.6 Å². The van der Waals surface area contributed by atoms with E-state index >= 15 is 0 Å². The summed E-state index contributed by atoms with van der Waals surface area (Å²) in [6, 6.07) is 18.2. The molecule has 0 aliphatic carbocycles. The van der Waals surface area contributed by atoms with Crippen molar-refractivity contribution in [2.45, 2.75) is 20.0 Å². The second-order valence-corrected chi connectivity index (χ2v) is 6.38. The van der Waals surface area contributed by atoms with E-state index in [0.29, 0.717) is 6.61 Å². The number of nitrogens with zero attached hydrogens (tertiary/aromatic N) is 2. The van der Waals surface area contributed by atoms with Gasteiger partial charge in [-0.25, -0.2) is 4.98 Å². The fourth-order valence-electron chi connectivity index (χ4n) is 2.34. The molecular weight excluding hydrogens is 330 g/mol. The van der Waals surface area contributed by atoms with Crippen molar-refractivity contribution in [2.75, 3.05) is 12.0 Å². The molecule has 0 saturated heterocycles. The van der Waals surface area contributed by atoms with Crippen LogP contribution in [0.5, 0.6) is 0 Å². The summed E-state index contributed by atoms with van der Waals surface area (Å²) in [7, 11) is 0. The molecular formula is C20H21N3OS. The Morgan fingerprint density at radius 1 is 1.12 bits per heavy atom. The molecule has 2 aromatic carbocycles. The Balaban J connectivity index is 1.63. The van der Waals surface area contributed by atoms with E-state index < -0.39 is 0 Å². The molecule has 3 aromatic rings. The van der Waals surface area contributed by atoms with Crippen LogP contribution in [0.1, 0.15) is 24.5 Å². The third kappa shape index (κ3) is 4.98. The molecule has 5 heteroatoms. The fourth-order valence-corrected chi connectivity index (χ4v) is 3.01. The number of thiazole rings is 1. The van der Waals surface area contributed by atoms with Crippen LogP contribution in [0.4, 0.5) is 5.13 Å². The van der Waals surface area contributed by atoms with Gasteiger partial charge in [0.05, 0.1) is 18.5 Å². The third-order valence-corrected chi connectivity index (χ3v) is 4.35. The molecule has 0 aliphatic heterocycles. The molecule has 0 spiro atoms. The van der Waals surface area contributed by atoms with E-state index in [1.807, 2.05) is 48.0 Å². The van der Waals surface area contributed by atoms with E-state index in [1.54, 1.807) is 0 Å². The van der Waals surface area contributed by atoms with Gasteiger partial charge in [-0.1, -0.05) is 61.5 Å². The van der Waals surface area contributed by atoms with Crippen LogP contribution in [0.3, 0.4) is 0 Å². The Labute approximate surface area is 152 Å². The lowest BCUT2D eigenvalue weighted by molar-refractivity contribution is 0.121. The van der Waals surface area contributed by atoms with Crippen LogP contribution < -0.4 is 5.43 Å². The summed E-state index contributed by atoms with van der Waals surface area (Å²) in [5.41, 5.74) is 7.25. The third-order valence-electron chi connectivity index (χ3n) is 3.60. The molecule has 3 rings (SSSR count). The zero-order chi connectivity index (χ0) is 17.3. The first-order valence-corrected chi connectivity index (χ1v) is 9.20. The second-order valence-electron chi connectivity index (χ2n) is 5.53. The maximum absolute atomic E-state index is 5.63. The van der Waals surface area contributed by atoms with Crippen LogP contribution in [0.15, 0.2) is 65.1 Å². The number of benzene rings is 2. The molecule has 0 unspecified atom stereocenters. The number of aromatic nitrogens is 1. The van der Waals surface area contributed by atoms with E-state index in [0.717, 1.165) is 40.5 Å². The van der Waals surface area contributed by atoms with Crippen molar-refractivity contribution >= 4 is 22.7 Å². The molecule has 0 aliphatic rings. The van der Waals surface area contributed by atoms with Gasteiger partial charge in [0.2, 0.25) is 5.13 Å². The average Bonchev–Trinajstić information content (AvgIpc) is 3.13. The van der Waals surface area contributed by atoms with Crippen LogP contribution in [0.2, 0.25) is 0 Å². The first kappa shape index (κ1) is 17.3. The lowest BCUT2D eigenvalue weighted by atomic mass is 10.1. The van der Waals surface area contributed by atoms with Crippen molar-refractivity contribution in [1.29, 1.82) is 0 Å². The SMILES string of the molecule is CCCOCc1ccccc1C=NNc1nc(-c2ccccc2)cs1. The number of hydrazone groups is 1. The van der Waals surface area contributed by atoms with E-state index in [-0.39, 0.29) is 0 Å². The molecule has 0 amide bonds. The van der Waals surface area contributed by atoms with Gasteiger partial charge in [0.15, 0.2) is 0 Å². The van der Waals surface area contributed by atoms with Crippen molar-refractivity contribution in [1.82, 2.24) is 4.98 Å².